The molecule has 3 aromatic carbocycles. The van der Waals surface area contributed by atoms with E-state index >= 15 is 0 Å². The maximum atomic E-state index is 13.7. The molecule has 0 bridgehead atoms. The molecule has 0 radical (unpaired) electrons. The molecule has 1 aliphatic rings. The molecule has 1 heterocycles. The molecule has 3 aromatic rings. The zero-order valence-electron chi connectivity index (χ0n) is 16.4. The lowest BCUT2D eigenvalue weighted by atomic mass is 9.67. The Morgan fingerprint density at radius 1 is 0.833 bits per heavy atom. The molecule has 30 heavy (non-hydrogen) atoms. The second-order valence-corrected chi connectivity index (χ2v) is 7.45. The second kappa shape index (κ2) is 8.33. The molecule has 1 aliphatic heterocycles. The summed E-state index contributed by atoms with van der Waals surface area (Å²) in [6, 6.07) is 27.8. The van der Waals surface area contributed by atoms with E-state index in [1.54, 1.807) is 0 Å². The highest BCUT2D eigenvalue weighted by molar-refractivity contribution is 6.08. The van der Waals surface area contributed by atoms with E-state index in [0.717, 1.165) is 21.6 Å². The molecule has 1 unspecified atom stereocenters. The van der Waals surface area contributed by atoms with Crippen molar-refractivity contribution in [3.8, 4) is 0 Å². The Balaban J connectivity index is 1.80. The average Bonchev–Trinajstić information content (AvgIpc) is 2.81. The molecule has 1 fully saturated rings. The smallest absolute Gasteiger partial charge is 0.324 e. The van der Waals surface area contributed by atoms with Crippen molar-refractivity contribution in [3.63, 3.8) is 0 Å². The molecule has 1 saturated heterocycles. The standard InChI is InChI=1S/C25H22N2O3/c28-18-25(22(20-12-6-2-7-13-20)21-14-8-3-9-15-21)17-26-24(30)27(23(25)29)16-19-10-4-1-5-11-19/h1-15,18,22H,16-17H2,(H,26,30). The minimum atomic E-state index is -1.44. The first kappa shape index (κ1) is 19.6. The van der Waals surface area contributed by atoms with Gasteiger partial charge in [0.15, 0.2) is 0 Å². The molecule has 150 valence electrons. The van der Waals surface area contributed by atoms with Gasteiger partial charge in [-0.25, -0.2) is 4.79 Å². The van der Waals surface area contributed by atoms with Crippen LogP contribution in [0.4, 0.5) is 4.79 Å². The lowest BCUT2D eigenvalue weighted by Crippen LogP contribution is -2.63. The number of nitrogens with one attached hydrogen (secondary N) is 1. The van der Waals surface area contributed by atoms with E-state index in [-0.39, 0.29) is 13.1 Å². The van der Waals surface area contributed by atoms with Crippen LogP contribution >= 0.6 is 0 Å². The molecule has 0 spiro atoms. The monoisotopic (exact) mass is 398 g/mol. The van der Waals surface area contributed by atoms with E-state index in [0.29, 0.717) is 6.29 Å². The molecule has 0 aromatic heterocycles. The van der Waals surface area contributed by atoms with Crippen LogP contribution in [0.5, 0.6) is 0 Å². The van der Waals surface area contributed by atoms with Gasteiger partial charge >= 0.3 is 6.03 Å². The molecule has 5 heteroatoms. The van der Waals surface area contributed by atoms with Crippen LogP contribution in [0.25, 0.3) is 0 Å². The van der Waals surface area contributed by atoms with E-state index in [4.69, 9.17) is 0 Å². The highest BCUT2D eigenvalue weighted by Gasteiger charge is 2.53. The number of urea groups is 1. The first-order chi connectivity index (χ1) is 14.7. The van der Waals surface area contributed by atoms with E-state index in [9.17, 15) is 14.4 Å². The summed E-state index contributed by atoms with van der Waals surface area (Å²) in [4.78, 5) is 40.0. The Kier molecular flexibility index (Phi) is 5.44. The molecule has 0 saturated carbocycles. The van der Waals surface area contributed by atoms with Crippen LogP contribution in [-0.2, 0) is 16.1 Å². The Bertz CT molecular complexity index is 998. The lowest BCUT2D eigenvalue weighted by Gasteiger charge is -2.42. The summed E-state index contributed by atoms with van der Waals surface area (Å²) in [7, 11) is 0. The van der Waals surface area contributed by atoms with E-state index in [1.165, 1.54) is 0 Å². The van der Waals surface area contributed by atoms with Gasteiger partial charge in [-0.15, -0.1) is 0 Å². The average molecular weight is 398 g/mol. The summed E-state index contributed by atoms with van der Waals surface area (Å²) in [5, 5.41) is 2.78. The molecule has 3 amide bonds. The quantitative estimate of drug-likeness (QED) is 0.508. The van der Waals surface area contributed by atoms with Crippen LogP contribution in [0.2, 0.25) is 0 Å². The van der Waals surface area contributed by atoms with Gasteiger partial charge in [-0.2, -0.15) is 0 Å². The minimum Gasteiger partial charge on any atom is -0.336 e. The van der Waals surface area contributed by atoms with Gasteiger partial charge in [-0.05, 0) is 16.7 Å². The van der Waals surface area contributed by atoms with Crippen LogP contribution < -0.4 is 5.32 Å². The first-order valence-electron chi connectivity index (χ1n) is 9.85. The number of rotatable bonds is 6. The van der Waals surface area contributed by atoms with Crippen LogP contribution in [0.15, 0.2) is 91.0 Å². The highest BCUT2D eigenvalue weighted by atomic mass is 16.2. The van der Waals surface area contributed by atoms with Crippen LogP contribution in [-0.4, -0.2) is 29.7 Å². The zero-order chi connectivity index (χ0) is 21.0. The SMILES string of the molecule is O=CC1(C(c2ccccc2)c2ccccc2)CNC(=O)N(Cc2ccccc2)C1=O. The summed E-state index contributed by atoms with van der Waals surface area (Å²) in [6.07, 6.45) is 0.706. The molecule has 1 atom stereocenters. The summed E-state index contributed by atoms with van der Waals surface area (Å²) >= 11 is 0. The fourth-order valence-corrected chi connectivity index (χ4v) is 4.11. The maximum absolute atomic E-state index is 13.7. The number of carbonyl (C=O) groups excluding carboxylic acids is 3. The number of hydrogen-bond acceptors (Lipinski definition) is 3. The number of amides is 3. The predicted octanol–water partition coefficient (Wildman–Crippen LogP) is 3.76. The van der Waals surface area contributed by atoms with Crippen LogP contribution in [0.1, 0.15) is 22.6 Å². The second-order valence-electron chi connectivity index (χ2n) is 7.45. The third-order valence-corrected chi connectivity index (χ3v) is 5.60. The van der Waals surface area contributed by atoms with Gasteiger partial charge in [0.1, 0.15) is 11.7 Å². The summed E-state index contributed by atoms with van der Waals surface area (Å²) < 4.78 is 0. The molecular weight excluding hydrogens is 376 g/mol. The van der Waals surface area contributed by atoms with Gasteiger partial charge in [-0.3, -0.25) is 9.69 Å². The Morgan fingerprint density at radius 3 is 1.83 bits per heavy atom. The highest BCUT2D eigenvalue weighted by Crippen LogP contribution is 2.42. The fourth-order valence-electron chi connectivity index (χ4n) is 4.11. The predicted molar refractivity (Wildman–Crippen MR) is 114 cm³/mol. The van der Waals surface area contributed by atoms with Crippen molar-refractivity contribution in [2.45, 2.75) is 12.5 Å². The molecule has 5 nitrogen and oxygen atoms in total. The largest absolute Gasteiger partial charge is 0.336 e. The Hall–Kier alpha value is -3.73. The van der Waals surface area contributed by atoms with Gasteiger partial charge in [0, 0.05) is 12.5 Å². The first-order valence-corrected chi connectivity index (χ1v) is 9.85. The van der Waals surface area contributed by atoms with Crippen molar-refractivity contribution in [3.05, 3.63) is 108 Å². The van der Waals surface area contributed by atoms with Gasteiger partial charge in [0.05, 0.1) is 6.54 Å². The van der Waals surface area contributed by atoms with Crippen molar-refractivity contribution in [1.29, 1.82) is 0 Å². The maximum Gasteiger partial charge on any atom is 0.324 e. The summed E-state index contributed by atoms with van der Waals surface area (Å²) in [5.41, 5.74) is 1.07. The van der Waals surface area contributed by atoms with Crippen molar-refractivity contribution >= 4 is 18.2 Å². The number of nitrogens with zero attached hydrogens (tertiary/aromatic N) is 1. The van der Waals surface area contributed by atoms with Crippen LogP contribution in [0, 0.1) is 5.41 Å². The third kappa shape index (κ3) is 3.50. The van der Waals surface area contributed by atoms with Crippen molar-refractivity contribution in [1.82, 2.24) is 10.2 Å². The third-order valence-electron chi connectivity index (χ3n) is 5.60. The number of benzene rings is 3. The van der Waals surface area contributed by atoms with Gasteiger partial charge in [0.2, 0.25) is 5.91 Å². The van der Waals surface area contributed by atoms with Crippen LogP contribution in [0.3, 0.4) is 0 Å². The molecule has 0 aliphatic carbocycles. The zero-order valence-corrected chi connectivity index (χ0v) is 16.4. The molecular formula is C25H22N2O3. The van der Waals surface area contributed by atoms with Crippen molar-refractivity contribution < 1.29 is 14.4 Å². The number of hydrogen-bond donors (Lipinski definition) is 1. The van der Waals surface area contributed by atoms with Gasteiger partial charge in [-0.1, -0.05) is 91.0 Å². The van der Waals surface area contributed by atoms with Crippen molar-refractivity contribution in [2.24, 2.45) is 5.41 Å². The van der Waals surface area contributed by atoms with E-state index < -0.39 is 23.3 Å². The van der Waals surface area contributed by atoms with Crippen molar-refractivity contribution in [2.75, 3.05) is 6.54 Å². The fraction of sp³-hybridized carbons (Fsp3) is 0.160. The number of carbonyl (C=O) groups is 3. The topological polar surface area (TPSA) is 66.5 Å². The Morgan fingerprint density at radius 2 is 1.33 bits per heavy atom. The number of imide groups is 1. The van der Waals surface area contributed by atoms with Gasteiger partial charge < -0.3 is 10.1 Å². The molecule has 4 rings (SSSR count). The Labute approximate surface area is 175 Å². The summed E-state index contributed by atoms with van der Waals surface area (Å²) in [5.74, 6) is -1.01. The minimum absolute atomic E-state index is 0.0477. The van der Waals surface area contributed by atoms with Gasteiger partial charge in [0.25, 0.3) is 0 Å². The van der Waals surface area contributed by atoms with E-state index in [2.05, 4.69) is 5.32 Å². The lowest BCUT2D eigenvalue weighted by molar-refractivity contribution is -0.145. The number of aldehydes is 1. The summed E-state index contributed by atoms with van der Waals surface area (Å²) in [6.45, 7) is 0.0608. The normalized spacial score (nSPS) is 18.9. The molecule has 1 N–H and O–H groups in total. The van der Waals surface area contributed by atoms with E-state index in [1.807, 2.05) is 91.0 Å².